The number of hydrogen-bond acceptors (Lipinski definition) is 5. The van der Waals surface area contributed by atoms with Crippen molar-refractivity contribution in [2.45, 2.75) is 44.8 Å². The molecule has 0 saturated carbocycles. The maximum absolute atomic E-state index is 10.8. The third kappa shape index (κ3) is 4.07. The van der Waals surface area contributed by atoms with Crippen LogP contribution in [0.1, 0.15) is 36.3 Å². The van der Waals surface area contributed by atoms with Gasteiger partial charge in [-0.05, 0) is 6.92 Å². The molecule has 114 valence electrons. The van der Waals surface area contributed by atoms with Crippen LogP contribution in [0.3, 0.4) is 0 Å². The van der Waals surface area contributed by atoms with Gasteiger partial charge in [-0.1, -0.05) is 32.5 Å². The summed E-state index contributed by atoms with van der Waals surface area (Å²) < 4.78 is 2.10. The molecule has 0 fully saturated rings. The molecule has 0 atom stereocenters. The fourth-order valence-electron chi connectivity index (χ4n) is 1.99. The molecule has 0 unspecified atom stereocenters. The van der Waals surface area contributed by atoms with Gasteiger partial charge < -0.3 is 9.67 Å². The first kappa shape index (κ1) is 16.0. The zero-order valence-electron chi connectivity index (χ0n) is 12.6. The average Bonchev–Trinajstić information content (AvgIpc) is 2.93. The molecule has 0 bridgehead atoms. The lowest BCUT2D eigenvalue weighted by molar-refractivity contribution is -0.133. The van der Waals surface area contributed by atoms with Crippen molar-refractivity contribution in [2.24, 2.45) is 0 Å². The number of hydrogen-bond donors (Lipinski definition) is 1. The second-order valence-electron chi connectivity index (χ2n) is 5.79. The molecule has 0 aromatic carbocycles. The van der Waals surface area contributed by atoms with Gasteiger partial charge >= 0.3 is 5.97 Å². The lowest BCUT2D eigenvalue weighted by Gasteiger charge is -2.21. The summed E-state index contributed by atoms with van der Waals surface area (Å²) in [6, 6.07) is 0. The van der Waals surface area contributed by atoms with E-state index in [-0.39, 0.29) is 11.2 Å². The second-order valence-corrected chi connectivity index (χ2v) is 8.05. The maximum atomic E-state index is 10.8. The number of thiazole rings is 1. The van der Waals surface area contributed by atoms with Gasteiger partial charge in [-0.3, -0.25) is 4.79 Å². The zero-order valence-corrected chi connectivity index (χ0v) is 14.2. The van der Waals surface area contributed by atoms with Crippen LogP contribution in [0, 0.1) is 6.92 Å². The Balaban J connectivity index is 2.33. The number of aliphatic carboxylic acids is 1. The largest absolute Gasteiger partial charge is 0.481 e. The Kier molecular flexibility index (Phi) is 4.73. The number of aryl methyl sites for hydroxylation is 1. The minimum atomic E-state index is -0.833. The SMILES string of the molecule is Cc1ncc(Cn2c(C(C)(C)C)cnc2SCC(=O)O)s1. The van der Waals surface area contributed by atoms with E-state index in [1.807, 2.05) is 19.3 Å². The summed E-state index contributed by atoms with van der Waals surface area (Å²) in [6.07, 6.45) is 3.72. The number of imidazole rings is 1. The van der Waals surface area contributed by atoms with E-state index in [4.69, 9.17) is 5.11 Å². The summed E-state index contributed by atoms with van der Waals surface area (Å²) in [5.41, 5.74) is 1.05. The molecule has 0 radical (unpaired) electrons. The second kappa shape index (κ2) is 6.19. The Hall–Kier alpha value is -1.34. The maximum Gasteiger partial charge on any atom is 0.313 e. The Morgan fingerprint density at radius 3 is 2.62 bits per heavy atom. The van der Waals surface area contributed by atoms with Crippen LogP contribution in [0.4, 0.5) is 0 Å². The highest BCUT2D eigenvalue weighted by Gasteiger charge is 2.22. The predicted octanol–water partition coefficient (Wildman–Crippen LogP) is 3.17. The third-order valence-corrected chi connectivity index (χ3v) is 4.77. The Labute approximate surface area is 132 Å². The lowest BCUT2D eigenvalue weighted by atomic mass is 9.92. The standard InChI is InChI=1S/C14H19N3O2S2/c1-9-15-5-10(21-9)7-17-11(14(2,3)4)6-16-13(17)20-8-12(18)19/h5-6H,7-8H2,1-4H3,(H,18,19). The molecule has 1 N–H and O–H groups in total. The van der Waals surface area contributed by atoms with Gasteiger partial charge in [-0.2, -0.15) is 0 Å². The highest BCUT2D eigenvalue weighted by atomic mass is 32.2. The van der Waals surface area contributed by atoms with Gasteiger partial charge in [-0.15, -0.1) is 11.3 Å². The molecule has 0 aliphatic heterocycles. The number of thioether (sulfide) groups is 1. The Bertz CT molecular complexity index is 641. The van der Waals surface area contributed by atoms with Crippen molar-refractivity contribution in [2.75, 3.05) is 5.75 Å². The van der Waals surface area contributed by atoms with Gasteiger partial charge in [0.2, 0.25) is 0 Å². The van der Waals surface area contributed by atoms with Crippen molar-refractivity contribution >= 4 is 29.1 Å². The van der Waals surface area contributed by atoms with Gasteiger partial charge in [0.05, 0.1) is 17.3 Å². The smallest absolute Gasteiger partial charge is 0.313 e. The van der Waals surface area contributed by atoms with E-state index in [2.05, 4.69) is 35.3 Å². The Morgan fingerprint density at radius 1 is 1.38 bits per heavy atom. The van der Waals surface area contributed by atoms with E-state index < -0.39 is 5.97 Å². The first-order chi connectivity index (χ1) is 9.77. The van der Waals surface area contributed by atoms with Gasteiger partial charge in [0, 0.05) is 28.4 Å². The molecule has 5 nitrogen and oxygen atoms in total. The number of nitrogens with zero attached hydrogens (tertiary/aromatic N) is 3. The van der Waals surface area contributed by atoms with Crippen LogP contribution in [-0.4, -0.2) is 31.4 Å². The fourth-order valence-corrected chi connectivity index (χ4v) is 3.47. The molecule has 0 amide bonds. The van der Waals surface area contributed by atoms with E-state index >= 15 is 0 Å². The fraction of sp³-hybridized carbons (Fsp3) is 0.500. The lowest BCUT2D eigenvalue weighted by Crippen LogP contribution is -2.18. The molecule has 0 aliphatic rings. The van der Waals surface area contributed by atoms with Gasteiger partial charge in [-0.25, -0.2) is 9.97 Å². The van der Waals surface area contributed by atoms with Gasteiger partial charge in [0.25, 0.3) is 0 Å². The van der Waals surface area contributed by atoms with Crippen LogP contribution in [0.2, 0.25) is 0 Å². The van der Waals surface area contributed by atoms with Crippen LogP contribution < -0.4 is 0 Å². The van der Waals surface area contributed by atoms with E-state index in [0.717, 1.165) is 20.7 Å². The number of carboxylic acids is 1. The molecule has 2 aromatic heterocycles. The van der Waals surface area contributed by atoms with E-state index in [1.54, 1.807) is 11.3 Å². The molecule has 0 spiro atoms. The number of carbonyl (C=O) groups is 1. The normalized spacial score (nSPS) is 11.8. The highest BCUT2D eigenvalue weighted by molar-refractivity contribution is 7.99. The van der Waals surface area contributed by atoms with Crippen LogP contribution >= 0.6 is 23.1 Å². The minimum absolute atomic E-state index is 0.0162. The summed E-state index contributed by atoms with van der Waals surface area (Å²) >= 11 is 2.91. The molecule has 0 saturated heterocycles. The van der Waals surface area contributed by atoms with Crippen molar-refractivity contribution in [1.29, 1.82) is 0 Å². The van der Waals surface area contributed by atoms with Crippen LogP contribution in [0.5, 0.6) is 0 Å². The first-order valence-electron chi connectivity index (χ1n) is 6.59. The summed E-state index contributed by atoms with van der Waals surface area (Å²) in [5.74, 6) is -0.817. The van der Waals surface area contributed by atoms with E-state index in [1.165, 1.54) is 11.8 Å². The molecule has 21 heavy (non-hydrogen) atoms. The summed E-state index contributed by atoms with van der Waals surface area (Å²) in [6.45, 7) is 9.05. The van der Waals surface area contributed by atoms with Crippen molar-refractivity contribution < 1.29 is 9.90 Å². The van der Waals surface area contributed by atoms with Crippen LogP contribution in [-0.2, 0) is 16.8 Å². The van der Waals surface area contributed by atoms with Crippen molar-refractivity contribution in [3.63, 3.8) is 0 Å². The predicted molar refractivity (Wildman–Crippen MR) is 85.2 cm³/mol. The molecule has 2 aromatic rings. The zero-order chi connectivity index (χ0) is 15.6. The number of rotatable bonds is 5. The third-order valence-electron chi connectivity index (χ3n) is 2.90. The average molecular weight is 325 g/mol. The quantitative estimate of drug-likeness (QED) is 0.855. The topological polar surface area (TPSA) is 68.0 Å². The van der Waals surface area contributed by atoms with Gasteiger partial charge in [0.1, 0.15) is 0 Å². The first-order valence-corrected chi connectivity index (χ1v) is 8.39. The van der Waals surface area contributed by atoms with Crippen molar-refractivity contribution in [3.8, 4) is 0 Å². The van der Waals surface area contributed by atoms with Crippen molar-refractivity contribution in [3.05, 3.63) is 28.0 Å². The number of carboxylic acid groups (broad SMARTS) is 1. The van der Waals surface area contributed by atoms with Crippen molar-refractivity contribution in [1.82, 2.24) is 14.5 Å². The minimum Gasteiger partial charge on any atom is -0.481 e. The molecular formula is C14H19N3O2S2. The summed E-state index contributed by atoms with van der Waals surface area (Å²) in [5, 5.41) is 10.6. The van der Waals surface area contributed by atoms with E-state index in [9.17, 15) is 4.79 Å². The van der Waals surface area contributed by atoms with Crippen LogP contribution in [0.25, 0.3) is 0 Å². The molecule has 2 heterocycles. The summed E-state index contributed by atoms with van der Waals surface area (Å²) in [7, 11) is 0. The molecule has 7 heteroatoms. The number of aromatic nitrogens is 3. The van der Waals surface area contributed by atoms with E-state index in [0.29, 0.717) is 6.54 Å². The summed E-state index contributed by atoms with van der Waals surface area (Å²) in [4.78, 5) is 20.6. The monoisotopic (exact) mass is 325 g/mol. The highest BCUT2D eigenvalue weighted by Crippen LogP contribution is 2.29. The Morgan fingerprint density at radius 2 is 2.10 bits per heavy atom. The van der Waals surface area contributed by atoms with Gasteiger partial charge in [0.15, 0.2) is 5.16 Å². The molecular weight excluding hydrogens is 306 g/mol. The van der Waals surface area contributed by atoms with Crippen LogP contribution in [0.15, 0.2) is 17.6 Å². The molecule has 2 rings (SSSR count). The molecule has 0 aliphatic carbocycles.